The number of methoxy groups -OCH3 is 1. The van der Waals surface area contributed by atoms with Gasteiger partial charge in [0.2, 0.25) is 0 Å². The standard InChI is InChI=1S/C15H19N3O2/c1-3-7-18(10-14(19)20-2)15-12(9-16)8-11-5-4-6-13(11)17-15/h8H,3-7,10H2,1-2H3. The van der Waals surface area contributed by atoms with Gasteiger partial charge in [-0.2, -0.15) is 5.26 Å². The van der Waals surface area contributed by atoms with Crippen LogP contribution in [0.2, 0.25) is 0 Å². The minimum Gasteiger partial charge on any atom is -0.468 e. The number of carbonyl (C=O) groups excluding carboxylic acids is 1. The molecule has 0 unspecified atom stereocenters. The van der Waals surface area contributed by atoms with Crippen LogP contribution in [0.4, 0.5) is 5.82 Å². The topological polar surface area (TPSA) is 66.2 Å². The van der Waals surface area contributed by atoms with E-state index in [2.05, 4.69) is 11.1 Å². The van der Waals surface area contributed by atoms with Crippen molar-refractivity contribution in [2.75, 3.05) is 25.1 Å². The Morgan fingerprint density at radius 1 is 1.55 bits per heavy atom. The number of pyridine rings is 1. The Labute approximate surface area is 119 Å². The van der Waals surface area contributed by atoms with Crippen LogP contribution in [0, 0.1) is 11.3 Å². The van der Waals surface area contributed by atoms with Gasteiger partial charge in [0.25, 0.3) is 0 Å². The Morgan fingerprint density at radius 2 is 2.35 bits per heavy atom. The molecule has 1 aromatic heterocycles. The van der Waals surface area contributed by atoms with Gasteiger partial charge in [-0.25, -0.2) is 4.98 Å². The normalized spacial score (nSPS) is 12.7. The molecule has 0 saturated heterocycles. The van der Waals surface area contributed by atoms with Crippen LogP contribution < -0.4 is 4.90 Å². The molecule has 1 aromatic rings. The van der Waals surface area contributed by atoms with Crippen LogP contribution in [0.5, 0.6) is 0 Å². The molecule has 1 aliphatic rings. The molecule has 1 heterocycles. The van der Waals surface area contributed by atoms with E-state index >= 15 is 0 Å². The van der Waals surface area contributed by atoms with Gasteiger partial charge in [-0.05, 0) is 37.3 Å². The Balaban J connectivity index is 2.36. The number of rotatable bonds is 5. The summed E-state index contributed by atoms with van der Waals surface area (Å²) in [5.41, 5.74) is 2.77. The summed E-state index contributed by atoms with van der Waals surface area (Å²) in [6.07, 6.45) is 3.90. The molecule has 0 aliphatic heterocycles. The van der Waals surface area contributed by atoms with Crippen molar-refractivity contribution in [3.05, 3.63) is 22.9 Å². The van der Waals surface area contributed by atoms with Crippen molar-refractivity contribution in [1.82, 2.24) is 4.98 Å². The second-order valence-electron chi connectivity index (χ2n) is 4.93. The van der Waals surface area contributed by atoms with Crippen molar-refractivity contribution in [2.45, 2.75) is 32.6 Å². The summed E-state index contributed by atoms with van der Waals surface area (Å²) in [5.74, 6) is 0.296. The van der Waals surface area contributed by atoms with Crippen molar-refractivity contribution in [3.63, 3.8) is 0 Å². The third-order valence-electron chi connectivity index (χ3n) is 3.49. The zero-order valence-corrected chi connectivity index (χ0v) is 12.0. The summed E-state index contributed by atoms with van der Waals surface area (Å²) in [7, 11) is 1.37. The first kappa shape index (κ1) is 14.3. The maximum atomic E-state index is 11.5. The molecule has 106 valence electrons. The highest BCUT2D eigenvalue weighted by atomic mass is 16.5. The minimum atomic E-state index is -0.315. The lowest BCUT2D eigenvalue weighted by atomic mass is 10.1. The van der Waals surface area contributed by atoms with Gasteiger partial charge in [-0.3, -0.25) is 4.79 Å². The third kappa shape index (κ3) is 2.90. The van der Waals surface area contributed by atoms with E-state index in [1.54, 1.807) is 0 Å². The van der Waals surface area contributed by atoms with Gasteiger partial charge in [0.1, 0.15) is 18.4 Å². The first-order valence-electron chi connectivity index (χ1n) is 6.94. The van der Waals surface area contributed by atoms with E-state index in [4.69, 9.17) is 4.74 Å². The van der Waals surface area contributed by atoms with Crippen LogP contribution in [-0.2, 0) is 22.4 Å². The second kappa shape index (κ2) is 6.38. The summed E-state index contributed by atoms with van der Waals surface area (Å²) in [6, 6.07) is 4.12. The summed E-state index contributed by atoms with van der Waals surface area (Å²) in [4.78, 5) is 18.0. The molecule has 0 N–H and O–H groups in total. The first-order valence-corrected chi connectivity index (χ1v) is 6.94. The van der Waals surface area contributed by atoms with Crippen LogP contribution in [0.3, 0.4) is 0 Å². The van der Waals surface area contributed by atoms with E-state index in [1.165, 1.54) is 12.7 Å². The number of carbonyl (C=O) groups is 1. The highest BCUT2D eigenvalue weighted by Gasteiger charge is 2.21. The smallest absolute Gasteiger partial charge is 0.325 e. The van der Waals surface area contributed by atoms with Crippen LogP contribution >= 0.6 is 0 Å². The number of ether oxygens (including phenoxy) is 1. The molecule has 0 saturated carbocycles. The predicted molar refractivity (Wildman–Crippen MR) is 75.5 cm³/mol. The average molecular weight is 273 g/mol. The largest absolute Gasteiger partial charge is 0.468 e. The number of hydrogen-bond donors (Lipinski definition) is 0. The fraction of sp³-hybridized carbons (Fsp3) is 0.533. The van der Waals surface area contributed by atoms with E-state index in [1.807, 2.05) is 17.9 Å². The molecule has 0 bridgehead atoms. The molecular weight excluding hydrogens is 254 g/mol. The van der Waals surface area contributed by atoms with Crippen molar-refractivity contribution < 1.29 is 9.53 Å². The molecule has 0 fully saturated rings. The number of hydrogen-bond acceptors (Lipinski definition) is 5. The molecule has 2 rings (SSSR count). The lowest BCUT2D eigenvalue weighted by Gasteiger charge is -2.23. The molecule has 0 atom stereocenters. The highest BCUT2D eigenvalue weighted by Crippen LogP contribution is 2.27. The Hall–Kier alpha value is -2.09. The van der Waals surface area contributed by atoms with Crippen LogP contribution in [-0.4, -0.2) is 31.2 Å². The molecular formula is C15H19N3O2. The monoisotopic (exact) mass is 273 g/mol. The van der Waals surface area contributed by atoms with Gasteiger partial charge in [-0.1, -0.05) is 6.92 Å². The van der Waals surface area contributed by atoms with Crippen LogP contribution in [0.1, 0.15) is 36.6 Å². The summed E-state index contributed by atoms with van der Waals surface area (Å²) < 4.78 is 4.72. The molecule has 0 amide bonds. The lowest BCUT2D eigenvalue weighted by Crippen LogP contribution is -2.32. The number of anilines is 1. The number of fused-ring (bicyclic) bond motifs is 1. The molecule has 5 heteroatoms. The fourth-order valence-electron chi connectivity index (χ4n) is 2.53. The maximum absolute atomic E-state index is 11.5. The van der Waals surface area contributed by atoms with Gasteiger partial charge in [0.15, 0.2) is 0 Å². The quantitative estimate of drug-likeness (QED) is 0.766. The van der Waals surface area contributed by atoms with Crippen molar-refractivity contribution in [2.24, 2.45) is 0 Å². The van der Waals surface area contributed by atoms with E-state index in [-0.39, 0.29) is 12.5 Å². The molecule has 20 heavy (non-hydrogen) atoms. The van der Waals surface area contributed by atoms with E-state index in [0.717, 1.165) is 31.4 Å². The summed E-state index contributed by atoms with van der Waals surface area (Å²) in [6.45, 7) is 2.84. The van der Waals surface area contributed by atoms with Gasteiger partial charge in [0, 0.05) is 12.2 Å². The predicted octanol–water partition coefficient (Wildman–Crippen LogP) is 1.83. The first-order chi connectivity index (χ1) is 9.69. The second-order valence-corrected chi connectivity index (χ2v) is 4.93. The maximum Gasteiger partial charge on any atom is 0.325 e. The van der Waals surface area contributed by atoms with Gasteiger partial charge in [-0.15, -0.1) is 0 Å². The van der Waals surface area contributed by atoms with Crippen molar-refractivity contribution in [1.29, 1.82) is 5.26 Å². The minimum absolute atomic E-state index is 0.130. The zero-order valence-electron chi connectivity index (χ0n) is 12.0. The average Bonchev–Trinajstić information content (AvgIpc) is 2.92. The van der Waals surface area contributed by atoms with Crippen LogP contribution in [0.15, 0.2) is 6.07 Å². The van der Waals surface area contributed by atoms with Crippen molar-refractivity contribution >= 4 is 11.8 Å². The fourth-order valence-corrected chi connectivity index (χ4v) is 2.53. The highest BCUT2D eigenvalue weighted by molar-refractivity contribution is 5.76. The SMILES string of the molecule is CCCN(CC(=O)OC)c1nc2c(cc1C#N)CCC2. The third-order valence-corrected chi connectivity index (χ3v) is 3.49. The molecule has 5 nitrogen and oxygen atoms in total. The number of nitrogens with zero attached hydrogens (tertiary/aromatic N) is 3. The summed E-state index contributed by atoms with van der Waals surface area (Å²) in [5, 5.41) is 9.33. The van der Waals surface area contributed by atoms with Gasteiger partial charge in [0.05, 0.1) is 12.7 Å². The van der Waals surface area contributed by atoms with E-state index in [9.17, 15) is 10.1 Å². The molecule has 0 spiro atoms. The number of nitriles is 1. The molecule has 1 aliphatic carbocycles. The molecule has 0 aromatic carbocycles. The number of aromatic nitrogens is 1. The van der Waals surface area contributed by atoms with Crippen LogP contribution in [0.25, 0.3) is 0 Å². The Kier molecular flexibility index (Phi) is 4.57. The molecule has 0 radical (unpaired) electrons. The lowest BCUT2D eigenvalue weighted by molar-refractivity contribution is -0.138. The number of esters is 1. The summed E-state index contributed by atoms with van der Waals surface area (Å²) >= 11 is 0. The van der Waals surface area contributed by atoms with E-state index in [0.29, 0.717) is 17.9 Å². The Morgan fingerprint density at radius 3 is 3.00 bits per heavy atom. The zero-order chi connectivity index (χ0) is 14.5. The Bertz CT molecular complexity index is 549. The van der Waals surface area contributed by atoms with E-state index < -0.39 is 0 Å². The number of aryl methyl sites for hydroxylation is 2. The van der Waals surface area contributed by atoms with Crippen molar-refractivity contribution in [3.8, 4) is 6.07 Å². The van der Waals surface area contributed by atoms with Gasteiger partial charge < -0.3 is 9.64 Å². The van der Waals surface area contributed by atoms with Gasteiger partial charge >= 0.3 is 5.97 Å².